The Bertz CT molecular complexity index is 254. The van der Waals surface area contributed by atoms with Crippen LogP contribution >= 0.6 is 0 Å². The number of ether oxygens (including phenoxy) is 3. The predicted octanol–water partition coefficient (Wildman–Crippen LogP) is -1.06. The molecule has 0 aliphatic carbocycles. The average molecular weight is 203 g/mol. The summed E-state index contributed by atoms with van der Waals surface area (Å²) >= 11 is 0. The highest BCUT2D eigenvalue weighted by Gasteiger charge is 2.58. The van der Waals surface area contributed by atoms with Crippen LogP contribution in [0.5, 0.6) is 0 Å². The van der Waals surface area contributed by atoms with Crippen molar-refractivity contribution in [3.8, 4) is 0 Å². The number of hydrogen-bond acceptors (Lipinski definition) is 6. The summed E-state index contributed by atoms with van der Waals surface area (Å²) in [5.41, 5.74) is 0. The van der Waals surface area contributed by atoms with E-state index in [0.29, 0.717) is 0 Å². The van der Waals surface area contributed by atoms with Gasteiger partial charge in [-0.05, 0) is 0 Å². The first-order valence-electron chi connectivity index (χ1n) is 4.23. The molecule has 2 aliphatic rings. The molecule has 2 saturated heterocycles. The van der Waals surface area contributed by atoms with Crippen molar-refractivity contribution >= 4 is 5.97 Å². The Labute approximate surface area is 80.4 Å². The first-order valence-corrected chi connectivity index (χ1v) is 4.23. The van der Waals surface area contributed by atoms with Crippen molar-refractivity contribution in [1.82, 2.24) is 0 Å². The molecule has 2 N–H and O–H groups in total. The van der Waals surface area contributed by atoms with Gasteiger partial charge in [0.05, 0.1) is 6.61 Å². The van der Waals surface area contributed by atoms with Gasteiger partial charge in [-0.3, -0.25) is 4.79 Å². The highest BCUT2D eigenvalue weighted by Crippen LogP contribution is 2.37. The molecule has 2 aliphatic heterocycles. The van der Waals surface area contributed by atoms with E-state index in [2.05, 4.69) is 0 Å². The van der Waals surface area contributed by atoms with Crippen molar-refractivity contribution in [3.63, 3.8) is 0 Å². The Kier molecular flexibility index (Phi) is 2.23. The molecule has 0 spiro atoms. The first-order chi connectivity index (χ1) is 6.53. The normalized spacial score (nSPS) is 42.5. The molecule has 2 heterocycles. The second kappa shape index (κ2) is 3.16. The predicted molar refractivity (Wildman–Crippen MR) is 41.4 cm³/mol. The lowest BCUT2D eigenvalue weighted by Crippen LogP contribution is -2.46. The molecule has 3 atom stereocenters. The lowest BCUT2D eigenvalue weighted by molar-refractivity contribution is -0.235. The third-order valence-electron chi connectivity index (χ3n) is 2.25. The number of esters is 1. The van der Waals surface area contributed by atoms with Crippen molar-refractivity contribution in [2.24, 2.45) is 0 Å². The van der Waals surface area contributed by atoms with Crippen LogP contribution < -0.4 is 0 Å². The van der Waals surface area contributed by atoms with Gasteiger partial charge in [-0.2, -0.15) is 0 Å². The topological polar surface area (TPSA) is 85.2 Å². The van der Waals surface area contributed by atoms with Gasteiger partial charge in [-0.15, -0.1) is 0 Å². The third kappa shape index (κ3) is 1.40. The van der Waals surface area contributed by atoms with Crippen molar-refractivity contribution in [1.29, 1.82) is 0 Å². The molecule has 0 aromatic carbocycles. The van der Waals surface area contributed by atoms with Crippen LogP contribution in [0.4, 0.5) is 0 Å². The second-order valence-corrected chi connectivity index (χ2v) is 3.39. The second-order valence-electron chi connectivity index (χ2n) is 3.39. The maximum atomic E-state index is 10.7. The molecule has 6 nitrogen and oxygen atoms in total. The van der Waals surface area contributed by atoms with E-state index in [-0.39, 0.29) is 19.3 Å². The molecule has 2 rings (SSSR count). The summed E-state index contributed by atoms with van der Waals surface area (Å²) in [5, 5.41) is 19.1. The van der Waals surface area contributed by atoms with Crippen LogP contribution in [-0.4, -0.2) is 47.4 Å². The number of carbonyl (C=O) groups excluding carboxylic acids is 1. The molecular formula is C8H11O6. The summed E-state index contributed by atoms with van der Waals surface area (Å²) in [6.45, 7) is 0.995. The van der Waals surface area contributed by atoms with E-state index in [0.717, 1.165) is 0 Å². The smallest absolute Gasteiger partial charge is 0.305 e. The molecule has 79 valence electrons. The Balaban J connectivity index is 2.11. The number of hydrogen-bond donors (Lipinski definition) is 2. The molecule has 2 fully saturated rings. The third-order valence-corrected chi connectivity index (χ3v) is 2.25. The summed E-state index contributed by atoms with van der Waals surface area (Å²) in [4.78, 5) is 10.7. The van der Waals surface area contributed by atoms with E-state index in [4.69, 9.17) is 14.2 Å². The maximum Gasteiger partial charge on any atom is 0.305 e. The van der Waals surface area contributed by atoms with Crippen molar-refractivity contribution in [3.05, 3.63) is 6.10 Å². The lowest BCUT2D eigenvalue weighted by atomic mass is 10.1. The minimum Gasteiger partial charge on any atom is -0.428 e. The lowest BCUT2D eigenvalue weighted by Gasteiger charge is -2.25. The number of carbonyl (C=O) groups is 1. The summed E-state index contributed by atoms with van der Waals surface area (Å²) in [6, 6.07) is 0. The van der Waals surface area contributed by atoms with Gasteiger partial charge in [0.15, 0.2) is 12.2 Å². The van der Waals surface area contributed by atoms with Crippen LogP contribution in [0.2, 0.25) is 0 Å². The van der Waals surface area contributed by atoms with E-state index >= 15 is 0 Å². The van der Waals surface area contributed by atoms with E-state index in [1.807, 2.05) is 0 Å². The molecular weight excluding hydrogens is 192 g/mol. The van der Waals surface area contributed by atoms with Gasteiger partial charge in [0.2, 0.25) is 0 Å². The molecule has 6 heteroatoms. The summed E-state index contributed by atoms with van der Waals surface area (Å²) < 4.78 is 14.8. The average Bonchev–Trinajstić information content (AvgIpc) is 2.55. The fraction of sp³-hybridized carbons (Fsp3) is 0.750. The van der Waals surface area contributed by atoms with Crippen molar-refractivity contribution < 1.29 is 29.2 Å². The number of fused-ring (bicyclic) bond motifs is 1. The van der Waals surface area contributed by atoms with Crippen LogP contribution in [0.1, 0.15) is 6.92 Å². The Hall–Kier alpha value is -0.690. The van der Waals surface area contributed by atoms with Crippen molar-refractivity contribution in [2.45, 2.75) is 24.9 Å². The Morgan fingerprint density at radius 1 is 1.64 bits per heavy atom. The van der Waals surface area contributed by atoms with Crippen LogP contribution in [0.25, 0.3) is 0 Å². The van der Waals surface area contributed by atoms with Crippen LogP contribution in [-0.2, 0) is 19.0 Å². The van der Waals surface area contributed by atoms with Gasteiger partial charge in [-0.25, -0.2) is 0 Å². The zero-order valence-corrected chi connectivity index (χ0v) is 7.60. The summed E-state index contributed by atoms with van der Waals surface area (Å²) in [7, 11) is 0. The number of aliphatic hydroxyl groups is 2. The molecule has 0 aromatic heterocycles. The van der Waals surface area contributed by atoms with Crippen LogP contribution in [0.3, 0.4) is 0 Å². The zero-order valence-electron chi connectivity index (χ0n) is 7.60. The number of rotatable bonds is 1. The fourth-order valence-electron chi connectivity index (χ4n) is 1.70. The quantitative estimate of drug-likeness (QED) is 0.417. The first kappa shape index (κ1) is 9.85. The molecule has 0 saturated carbocycles. The molecule has 0 amide bonds. The van der Waals surface area contributed by atoms with E-state index in [1.165, 1.54) is 6.92 Å². The molecule has 0 bridgehead atoms. The Morgan fingerprint density at radius 2 is 2.36 bits per heavy atom. The van der Waals surface area contributed by atoms with Gasteiger partial charge < -0.3 is 24.4 Å². The van der Waals surface area contributed by atoms with E-state index in [1.54, 1.807) is 0 Å². The Morgan fingerprint density at radius 3 is 3.00 bits per heavy atom. The highest BCUT2D eigenvalue weighted by atomic mass is 16.7. The molecule has 0 aromatic rings. The minimum absolute atomic E-state index is 0.00108. The van der Waals surface area contributed by atoms with Crippen LogP contribution in [0.15, 0.2) is 0 Å². The fourth-order valence-corrected chi connectivity index (χ4v) is 1.70. The molecule has 0 unspecified atom stereocenters. The van der Waals surface area contributed by atoms with Gasteiger partial charge in [-0.1, -0.05) is 0 Å². The SMILES string of the molecule is CC(=O)O[C@@]1(O)CO[C@@H]2[C](O)CO[C@@H]21. The zero-order chi connectivity index (χ0) is 10.3. The van der Waals surface area contributed by atoms with Gasteiger partial charge in [0.1, 0.15) is 12.7 Å². The monoisotopic (exact) mass is 203 g/mol. The number of aliphatic hydroxyl groups excluding tert-OH is 1. The summed E-state index contributed by atoms with van der Waals surface area (Å²) in [5.74, 6) is -2.40. The molecule has 1 radical (unpaired) electrons. The standard InChI is InChI=1S/C8H11O6/c1-4(9)14-8(11)3-13-6-5(10)2-12-7(6)8/h6-7,10-11H,2-3H2,1H3/t6-,7+,8+/m1/s1. The summed E-state index contributed by atoms with van der Waals surface area (Å²) in [6.07, 6.45) is -1.51. The van der Waals surface area contributed by atoms with Crippen LogP contribution in [0, 0.1) is 6.10 Å². The largest absolute Gasteiger partial charge is 0.428 e. The molecule has 14 heavy (non-hydrogen) atoms. The van der Waals surface area contributed by atoms with E-state index < -0.39 is 24.0 Å². The van der Waals surface area contributed by atoms with E-state index in [9.17, 15) is 15.0 Å². The minimum atomic E-state index is -1.78. The van der Waals surface area contributed by atoms with Gasteiger partial charge >= 0.3 is 5.97 Å². The van der Waals surface area contributed by atoms with Crippen molar-refractivity contribution in [2.75, 3.05) is 13.2 Å². The maximum absolute atomic E-state index is 10.7. The highest BCUT2D eigenvalue weighted by molar-refractivity contribution is 5.66. The van der Waals surface area contributed by atoms with Gasteiger partial charge in [0, 0.05) is 6.92 Å². The van der Waals surface area contributed by atoms with Gasteiger partial charge in [0.25, 0.3) is 5.79 Å².